The zero-order valence-electron chi connectivity index (χ0n) is 15.5. The number of ether oxygens (including phenoxy) is 1. The molecule has 0 aliphatic carbocycles. The first-order valence-electron chi connectivity index (χ1n) is 8.78. The Labute approximate surface area is 162 Å². The first-order chi connectivity index (χ1) is 13.4. The number of nitrogens with one attached hydrogen (secondary N) is 2. The van der Waals surface area contributed by atoms with Gasteiger partial charge in [0.25, 0.3) is 0 Å². The van der Waals surface area contributed by atoms with Crippen LogP contribution < -0.4 is 15.4 Å². The minimum atomic E-state index is -0.821. The Bertz CT molecular complexity index is 937. The lowest BCUT2D eigenvalue weighted by molar-refractivity contribution is -0.116. The summed E-state index contributed by atoms with van der Waals surface area (Å²) in [5, 5.41) is 5.26. The van der Waals surface area contributed by atoms with Crippen molar-refractivity contribution in [3.05, 3.63) is 83.9 Å². The van der Waals surface area contributed by atoms with E-state index in [2.05, 4.69) is 10.6 Å². The average molecular weight is 382 g/mol. The van der Waals surface area contributed by atoms with E-state index in [1.165, 1.54) is 6.07 Å². The van der Waals surface area contributed by atoms with Crippen LogP contribution in [0.1, 0.15) is 12.5 Å². The summed E-state index contributed by atoms with van der Waals surface area (Å²) >= 11 is 0. The van der Waals surface area contributed by atoms with Gasteiger partial charge in [-0.1, -0.05) is 23.8 Å². The van der Waals surface area contributed by atoms with E-state index in [4.69, 9.17) is 4.74 Å². The number of benzene rings is 3. The number of carbonyl (C=O) groups excluding carboxylic acids is 1. The Morgan fingerprint density at radius 3 is 2.00 bits per heavy atom. The molecule has 1 amide bonds. The Morgan fingerprint density at radius 2 is 1.43 bits per heavy atom. The van der Waals surface area contributed by atoms with Crippen molar-refractivity contribution in [1.82, 2.24) is 0 Å². The van der Waals surface area contributed by atoms with Crippen molar-refractivity contribution in [2.75, 3.05) is 10.6 Å². The zero-order chi connectivity index (χ0) is 20.1. The van der Waals surface area contributed by atoms with Crippen molar-refractivity contribution >= 4 is 17.3 Å². The Hall–Kier alpha value is -3.41. The normalized spacial score (nSPS) is 11.6. The van der Waals surface area contributed by atoms with Crippen molar-refractivity contribution in [2.24, 2.45) is 0 Å². The molecule has 0 fully saturated rings. The molecule has 0 saturated carbocycles. The van der Waals surface area contributed by atoms with Crippen molar-refractivity contribution in [3.63, 3.8) is 0 Å². The lowest BCUT2D eigenvalue weighted by Crippen LogP contribution is -2.32. The highest BCUT2D eigenvalue weighted by Crippen LogP contribution is 2.24. The fraction of sp³-hybridized carbons (Fsp3) is 0.136. The second-order valence-electron chi connectivity index (χ2n) is 6.39. The van der Waals surface area contributed by atoms with Gasteiger partial charge in [-0.05, 0) is 62.4 Å². The molecular formula is C22H20F2N2O2. The largest absolute Gasteiger partial charge is 0.457 e. The lowest BCUT2D eigenvalue weighted by atomic mass is 10.2. The monoisotopic (exact) mass is 382 g/mol. The van der Waals surface area contributed by atoms with Crippen LogP contribution in [0.3, 0.4) is 0 Å². The van der Waals surface area contributed by atoms with E-state index >= 15 is 0 Å². The highest BCUT2D eigenvalue weighted by Gasteiger charge is 2.17. The summed E-state index contributed by atoms with van der Waals surface area (Å²) in [6.07, 6.45) is 0. The molecule has 0 bridgehead atoms. The molecular weight excluding hydrogens is 362 g/mol. The van der Waals surface area contributed by atoms with Crippen LogP contribution in [0.2, 0.25) is 0 Å². The van der Waals surface area contributed by atoms with Gasteiger partial charge in [0, 0.05) is 5.69 Å². The van der Waals surface area contributed by atoms with Crippen molar-refractivity contribution in [1.29, 1.82) is 0 Å². The molecule has 0 saturated heterocycles. The van der Waals surface area contributed by atoms with Gasteiger partial charge in [-0.15, -0.1) is 0 Å². The maximum absolute atomic E-state index is 13.7. The summed E-state index contributed by atoms with van der Waals surface area (Å²) in [4.78, 5) is 12.2. The number of anilines is 2. The minimum Gasteiger partial charge on any atom is -0.457 e. The lowest BCUT2D eigenvalue weighted by Gasteiger charge is -2.16. The third-order valence-corrected chi connectivity index (χ3v) is 4.10. The topological polar surface area (TPSA) is 50.4 Å². The summed E-state index contributed by atoms with van der Waals surface area (Å²) in [7, 11) is 0. The Morgan fingerprint density at radius 1 is 0.893 bits per heavy atom. The fourth-order valence-electron chi connectivity index (χ4n) is 2.53. The van der Waals surface area contributed by atoms with Gasteiger partial charge in [-0.3, -0.25) is 4.79 Å². The molecule has 0 radical (unpaired) electrons. The average Bonchev–Trinajstić information content (AvgIpc) is 2.68. The van der Waals surface area contributed by atoms with E-state index in [1.54, 1.807) is 31.2 Å². The molecule has 4 nitrogen and oxygen atoms in total. The van der Waals surface area contributed by atoms with Crippen LogP contribution in [0.5, 0.6) is 11.5 Å². The van der Waals surface area contributed by atoms with Crippen molar-refractivity contribution < 1.29 is 18.3 Å². The molecule has 1 atom stereocenters. The zero-order valence-corrected chi connectivity index (χ0v) is 15.5. The van der Waals surface area contributed by atoms with E-state index in [-0.39, 0.29) is 0 Å². The molecule has 144 valence electrons. The Balaban J connectivity index is 1.60. The SMILES string of the molecule is Cc1ccc(Oc2ccc(N[C@@H](C)C(=O)Nc3c(F)cccc3F)cc2)cc1. The molecule has 6 heteroatoms. The molecule has 0 aliphatic rings. The molecule has 0 unspecified atom stereocenters. The number of rotatable bonds is 6. The predicted molar refractivity (Wildman–Crippen MR) is 106 cm³/mol. The van der Waals surface area contributed by atoms with Crippen LogP contribution >= 0.6 is 0 Å². The van der Waals surface area contributed by atoms with Crippen LogP contribution in [0.25, 0.3) is 0 Å². The van der Waals surface area contributed by atoms with Crippen molar-refractivity contribution in [3.8, 4) is 11.5 Å². The van der Waals surface area contributed by atoms with Gasteiger partial charge < -0.3 is 15.4 Å². The van der Waals surface area contributed by atoms with Gasteiger partial charge >= 0.3 is 0 Å². The third-order valence-electron chi connectivity index (χ3n) is 4.10. The predicted octanol–water partition coefficient (Wildman–Crippen LogP) is 5.50. The Kier molecular flexibility index (Phi) is 5.89. The van der Waals surface area contributed by atoms with Crippen LogP contribution in [0, 0.1) is 18.6 Å². The smallest absolute Gasteiger partial charge is 0.246 e. The van der Waals surface area contributed by atoms with Crippen molar-refractivity contribution in [2.45, 2.75) is 19.9 Å². The van der Waals surface area contributed by atoms with Gasteiger partial charge in [0.05, 0.1) is 0 Å². The van der Waals surface area contributed by atoms with Gasteiger partial charge in [0.2, 0.25) is 5.91 Å². The van der Waals surface area contributed by atoms with Crippen LogP contribution in [-0.4, -0.2) is 11.9 Å². The van der Waals surface area contributed by atoms with Gasteiger partial charge in [-0.25, -0.2) is 8.78 Å². The molecule has 0 heterocycles. The molecule has 0 spiro atoms. The number of halogens is 2. The van der Waals surface area contributed by atoms with E-state index in [9.17, 15) is 13.6 Å². The van der Waals surface area contributed by atoms with Crippen LogP contribution in [0.15, 0.2) is 66.7 Å². The summed E-state index contributed by atoms with van der Waals surface area (Å²) < 4.78 is 33.1. The fourth-order valence-corrected chi connectivity index (χ4v) is 2.53. The molecule has 3 rings (SSSR count). The summed E-state index contributed by atoms with van der Waals surface area (Å²) in [6, 6.07) is 17.5. The number of hydrogen-bond acceptors (Lipinski definition) is 3. The highest BCUT2D eigenvalue weighted by atomic mass is 19.1. The standard InChI is InChI=1S/C22H20F2N2O2/c1-14-6-10-17(11-7-14)28-18-12-8-16(9-13-18)25-15(2)22(27)26-21-19(23)4-3-5-20(21)24/h3-13,15,25H,1-2H3,(H,26,27)/t15-/m0/s1. The molecule has 0 aliphatic heterocycles. The number of hydrogen-bond donors (Lipinski definition) is 2. The minimum absolute atomic E-state index is 0.456. The quantitative estimate of drug-likeness (QED) is 0.591. The summed E-state index contributed by atoms with van der Waals surface area (Å²) in [5.74, 6) is -0.814. The maximum Gasteiger partial charge on any atom is 0.246 e. The number of carbonyl (C=O) groups is 1. The third kappa shape index (κ3) is 4.85. The van der Waals surface area contributed by atoms with E-state index in [0.717, 1.165) is 23.4 Å². The van der Waals surface area contributed by atoms with E-state index in [0.29, 0.717) is 11.4 Å². The van der Waals surface area contributed by atoms with Gasteiger partial charge in [-0.2, -0.15) is 0 Å². The highest BCUT2D eigenvalue weighted by molar-refractivity contribution is 5.96. The number of aryl methyl sites for hydroxylation is 1. The second-order valence-corrected chi connectivity index (χ2v) is 6.39. The van der Waals surface area contributed by atoms with E-state index in [1.807, 2.05) is 31.2 Å². The molecule has 2 N–H and O–H groups in total. The molecule has 0 aromatic heterocycles. The summed E-state index contributed by atoms with van der Waals surface area (Å²) in [6.45, 7) is 3.60. The molecule has 3 aromatic rings. The first-order valence-corrected chi connectivity index (χ1v) is 8.78. The molecule has 28 heavy (non-hydrogen) atoms. The molecule has 3 aromatic carbocycles. The van der Waals surface area contributed by atoms with Gasteiger partial charge in [0.1, 0.15) is 34.9 Å². The van der Waals surface area contributed by atoms with Gasteiger partial charge in [0.15, 0.2) is 0 Å². The number of amides is 1. The van der Waals surface area contributed by atoms with Crippen LogP contribution in [-0.2, 0) is 4.79 Å². The number of para-hydroxylation sites is 1. The van der Waals surface area contributed by atoms with E-state index < -0.39 is 29.3 Å². The first kappa shape index (κ1) is 19.4. The summed E-state index contributed by atoms with van der Waals surface area (Å²) in [5.41, 5.74) is 1.37. The second kappa shape index (κ2) is 8.52. The maximum atomic E-state index is 13.7. The van der Waals surface area contributed by atoms with Crippen LogP contribution in [0.4, 0.5) is 20.2 Å².